The largest absolute Gasteiger partial charge is 0.496 e. The van der Waals surface area contributed by atoms with E-state index in [0.717, 1.165) is 12.1 Å². The van der Waals surface area contributed by atoms with Crippen LogP contribution in [0.2, 0.25) is 0 Å². The molecule has 0 aliphatic heterocycles. The average Bonchev–Trinajstić information content (AvgIpc) is 2.46. The monoisotopic (exact) mass is 307 g/mol. The van der Waals surface area contributed by atoms with Crippen molar-refractivity contribution < 1.29 is 23.4 Å². The Balaban J connectivity index is 2.51. The van der Waals surface area contributed by atoms with E-state index >= 15 is 0 Å². The van der Waals surface area contributed by atoms with Crippen molar-refractivity contribution in [3.8, 4) is 16.9 Å². The topological polar surface area (TPSA) is 72.5 Å². The summed E-state index contributed by atoms with van der Waals surface area (Å²) in [6.07, 6.45) is -0.252. The van der Waals surface area contributed by atoms with Crippen LogP contribution in [-0.2, 0) is 4.79 Å². The number of nitrogens with two attached hydrogens (primary N) is 1. The molecule has 2 rings (SSSR count). The van der Waals surface area contributed by atoms with Gasteiger partial charge in [0, 0.05) is 23.2 Å². The molecule has 0 amide bonds. The Morgan fingerprint density at radius 2 is 1.95 bits per heavy atom. The standard InChI is InChI=1S/C16H15F2NO3/c1-22-15-5-2-9(14(19)8-16(20)21)6-12(15)11-4-3-10(17)7-13(11)18/h2-7,14H,8,19H2,1H3,(H,20,21)/t14-/m0/s1. The molecule has 0 aliphatic carbocycles. The smallest absolute Gasteiger partial charge is 0.305 e. The Morgan fingerprint density at radius 3 is 2.55 bits per heavy atom. The second-order valence-corrected chi connectivity index (χ2v) is 4.79. The van der Waals surface area contributed by atoms with Gasteiger partial charge in [-0.3, -0.25) is 4.79 Å². The third-order valence-electron chi connectivity index (χ3n) is 3.27. The molecule has 1 atom stereocenters. The molecule has 116 valence electrons. The molecule has 2 aromatic carbocycles. The molecule has 3 N–H and O–H groups in total. The van der Waals surface area contributed by atoms with E-state index in [1.807, 2.05) is 0 Å². The molecule has 0 aliphatic rings. The number of rotatable bonds is 5. The van der Waals surface area contributed by atoms with Crippen molar-refractivity contribution in [3.63, 3.8) is 0 Å². The molecule has 0 unspecified atom stereocenters. The van der Waals surface area contributed by atoms with Crippen LogP contribution < -0.4 is 10.5 Å². The number of hydrogen-bond acceptors (Lipinski definition) is 3. The quantitative estimate of drug-likeness (QED) is 0.890. The lowest BCUT2D eigenvalue weighted by molar-refractivity contribution is -0.137. The normalized spacial score (nSPS) is 12.0. The zero-order valence-corrected chi connectivity index (χ0v) is 11.8. The van der Waals surface area contributed by atoms with Gasteiger partial charge >= 0.3 is 5.97 Å². The Bertz CT molecular complexity index is 704. The van der Waals surface area contributed by atoms with Crippen LogP contribution in [0.4, 0.5) is 8.78 Å². The molecule has 0 radical (unpaired) electrons. The van der Waals surface area contributed by atoms with Gasteiger partial charge in [-0.1, -0.05) is 6.07 Å². The van der Waals surface area contributed by atoms with Crippen molar-refractivity contribution in [3.05, 3.63) is 53.6 Å². The number of ether oxygens (including phenoxy) is 1. The number of carboxylic acid groups (broad SMARTS) is 1. The highest BCUT2D eigenvalue weighted by molar-refractivity contribution is 5.73. The van der Waals surface area contributed by atoms with Gasteiger partial charge in [-0.15, -0.1) is 0 Å². The second-order valence-electron chi connectivity index (χ2n) is 4.79. The number of halogens is 2. The van der Waals surface area contributed by atoms with Crippen LogP contribution in [0, 0.1) is 11.6 Å². The molecular weight excluding hydrogens is 292 g/mol. The van der Waals surface area contributed by atoms with Gasteiger partial charge in [0.25, 0.3) is 0 Å². The zero-order valence-electron chi connectivity index (χ0n) is 11.8. The Morgan fingerprint density at radius 1 is 1.23 bits per heavy atom. The minimum atomic E-state index is -1.03. The molecule has 0 bridgehead atoms. The predicted molar refractivity (Wildman–Crippen MR) is 77.5 cm³/mol. The molecule has 4 nitrogen and oxygen atoms in total. The van der Waals surface area contributed by atoms with Crippen LogP contribution >= 0.6 is 0 Å². The van der Waals surface area contributed by atoms with E-state index in [1.165, 1.54) is 13.2 Å². The van der Waals surface area contributed by atoms with E-state index in [4.69, 9.17) is 15.6 Å². The SMILES string of the molecule is COc1ccc([C@@H](N)CC(=O)O)cc1-c1ccc(F)cc1F. The molecule has 0 heterocycles. The number of carboxylic acids is 1. The first kappa shape index (κ1) is 15.9. The number of carbonyl (C=O) groups is 1. The second kappa shape index (κ2) is 6.53. The van der Waals surface area contributed by atoms with Gasteiger partial charge in [0.2, 0.25) is 0 Å². The van der Waals surface area contributed by atoms with Gasteiger partial charge < -0.3 is 15.6 Å². The lowest BCUT2D eigenvalue weighted by atomic mass is 9.97. The summed E-state index contributed by atoms with van der Waals surface area (Å²) in [6.45, 7) is 0. The van der Waals surface area contributed by atoms with Crippen molar-refractivity contribution >= 4 is 5.97 Å². The fourth-order valence-electron chi connectivity index (χ4n) is 2.18. The number of aliphatic carboxylic acids is 1. The van der Waals surface area contributed by atoms with Crippen molar-refractivity contribution in [1.82, 2.24) is 0 Å². The Labute approximate surface area is 126 Å². The molecular formula is C16H15F2NO3. The van der Waals surface area contributed by atoms with Crippen LogP contribution in [-0.4, -0.2) is 18.2 Å². The molecule has 0 aromatic heterocycles. The van der Waals surface area contributed by atoms with Gasteiger partial charge in [-0.05, 0) is 29.8 Å². The van der Waals surface area contributed by atoms with Crippen molar-refractivity contribution in [2.75, 3.05) is 7.11 Å². The van der Waals surface area contributed by atoms with Crippen molar-refractivity contribution in [2.24, 2.45) is 5.73 Å². The highest BCUT2D eigenvalue weighted by atomic mass is 19.1. The third kappa shape index (κ3) is 3.40. The maximum absolute atomic E-state index is 14.0. The van der Waals surface area contributed by atoms with E-state index in [9.17, 15) is 13.6 Å². The maximum Gasteiger partial charge on any atom is 0.305 e. The van der Waals surface area contributed by atoms with Crippen LogP contribution in [0.3, 0.4) is 0 Å². The number of benzene rings is 2. The van der Waals surface area contributed by atoms with E-state index in [-0.39, 0.29) is 12.0 Å². The first-order valence-corrected chi connectivity index (χ1v) is 6.53. The zero-order chi connectivity index (χ0) is 16.3. The van der Waals surface area contributed by atoms with Crippen molar-refractivity contribution in [2.45, 2.75) is 12.5 Å². The molecule has 0 spiro atoms. The first-order chi connectivity index (χ1) is 10.4. The molecule has 6 heteroatoms. The van der Waals surface area contributed by atoms with E-state index in [2.05, 4.69) is 0 Å². The summed E-state index contributed by atoms with van der Waals surface area (Å²) >= 11 is 0. The lowest BCUT2D eigenvalue weighted by Crippen LogP contribution is -2.15. The van der Waals surface area contributed by atoms with Crippen LogP contribution in [0.5, 0.6) is 5.75 Å². The maximum atomic E-state index is 14.0. The summed E-state index contributed by atoms with van der Waals surface area (Å²) in [6, 6.07) is 7.25. The molecule has 22 heavy (non-hydrogen) atoms. The number of methoxy groups -OCH3 is 1. The van der Waals surface area contributed by atoms with Gasteiger partial charge in [0.1, 0.15) is 17.4 Å². The minimum Gasteiger partial charge on any atom is -0.496 e. The van der Waals surface area contributed by atoms with Gasteiger partial charge in [0.15, 0.2) is 0 Å². The predicted octanol–water partition coefficient (Wildman–Crippen LogP) is 3.11. The van der Waals surface area contributed by atoms with Crippen LogP contribution in [0.1, 0.15) is 18.0 Å². The summed E-state index contributed by atoms with van der Waals surface area (Å²) < 4.78 is 32.2. The van der Waals surface area contributed by atoms with E-state index < -0.39 is 23.6 Å². The molecule has 2 aromatic rings. The van der Waals surface area contributed by atoms with E-state index in [0.29, 0.717) is 16.9 Å². The van der Waals surface area contributed by atoms with Gasteiger partial charge in [0.05, 0.1) is 13.5 Å². The first-order valence-electron chi connectivity index (χ1n) is 6.53. The average molecular weight is 307 g/mol. The highest BCUT2D eigenvalue weighted by Gasteiger charge is 2.16. The Hall–Kier alpha value is -2.47. The van der Waals surface area contributed by atoms with Crippen molar-refractivity contribution in [1.29, 1.82) is 0 Å². The van der Waals surface area contributed by atoms with Crippen LogP contribution in [0.15, 0.2) is 36.4 Å². The summed E-state index contributed by atoms with van der Waals surface area (Å²) in [4.78, 5) is 10.7. The summed E-state index contributed by atoms with van der Waals surface area (Å²) in [7, 11) is 1.43. The van der Waals surface area contributed by atoms with E-state index in [1.54, 1.807) is 18.2 Å². The van der Waals surface area contributed by atoms with Gasteiger partial charge in [-0.25, -0.2) is 8.78 Å². The third-order valence-corrected chi connectivity index (χ3v) is 3.27. The number of hydrogen-bond donors (Lipinski definition) is 2. The molecule has 0 fully saturated rings. The summed E-state index contributed by atoms with van der Waals surface area (Å²) in [5, 5.41) is 8.80. The fourth-order valence-corrected chi connectivity index (χ4v) is 2.18. The minimum absolute atomic E-state index is 0.155. The molecule has 0 saturated carbocycles. The summed E-state index contributed by atoms with van der Waals surface area (Å²) in [5.74, 6) is -2.06. The highest BCUT2D eigenvalue weighted by Crippen LogP contribution is 2.34. The lowest BCUT2D eigenvalue weighted by Gasteiger charge is -2.15. The van der Waals surface area contributed by atoms with Gasteiger partial charge in [-0.2, -0.15) is 0 Å². The summed E-state index contributed by atoms with van der Waals surface area (Å²) in [5.41, 5.74) is 6.89. The molecule has 0 saturated heterocycles. The van der Waals surface area contributed by atoms with Crippen LogP contribution in [0.25, 0.3) is 11.1 Å². The fraction of sp³-hybridized carbons (Fsp3) is 0.188. The Kier molecular flexibility index (Phi) is 4.72.